The van der Waals surface area contributed by atoms with Crippen molar-refractivity contribution in [3.05, 3.63) is 0 Å². The average Bonchev–Trinajstić information content (AvgIpc) is 2.70. The van der Waals surface area contributed by atoms with Gasteiger partial charge in [-0.15, -0.1) is 0 Å². The molecule has 0 fully saturated rings. The summed E-state index contributed by atoms with van der Waals surface area (Å²) in [6, 6.07) is 0. The van der Waals surface area contributed by atoms with Gasteiger partial charge < -0.3 is 5.73 Å². The third-order valence-electron chi connectivity index (χ3n) is 7.11. The lowest BCUT2D eigenvalue weighted by Gasteiger charge is -2.31. The molecule has 182 valence electrons. The number of rotatable bonds is 24. The minimum Gasteiger partial charge on any atom is -0.325 e. The van der Waals surface area contributed by atoms with Crippen LogP contribution >= 0.6 is 0 Å². The van der Waals surface area contributed by atoms with Crippen molar-refractivity contribution in [2.45, 2.75) is 181 Å². The lowest BCUT2D eigenvalue weighted by molar-refractivity contribution is 0.267. The van der Waals surface area contributed by atoms with Crippen LogP contribution in [0.1, 0.15) is 175 Å². The van der Waals surface area contributed by atoms with E-state index in [1.807, 2.05) is 0 Å². The van der Waals surface area contributed by atoms with Gasteiger partial charge >= 0.3 is 0 Å². The third kappa shape index (κ3) is 21.2. The van der Waals surface area contributed by atoms with Crippen LogP contribution < -0.4 is 5.73 Å². The van der Waals surface area contributed by atoms with Crippen LogP contribution in [0.2, 0.25) is 0 Å². The maximum atomic E-state index is 6.51. The number of nitrogens with two attached hydrogens (primary N) is 1. The molecule has 0 spiro atoms. The molecule has 0 aliphatic rings. The van der Waals surface area contributed by atoms with E-state index in [0.717, 1.165) is 0 Å². The molecule has 0 amide bonds. The summed E-state index contributed by atoms with van der Waals surface area (Å²) >= 11 is 0. The summed E-state index contributed by atoms with van der Waals surface area (Å²) < 4.78 is 0. The van der Waals surface area contributed by atoms with Crippen LogP contribution in [0.4, 0.5) is 0 Å². The highest BCUT2D eigenvalue weighted by Crippen LogP contribution is 2.27. The normalized spacial score (nSPS) is 13.1. The molecule has 0 saturated heterocycles. The van der Waals surface area contributed by atoms with Crippen LogP contribution in [0.25, 0.3) is 0 Å². The van der Waals surface area contributed by atoms with E-state index in [2.05, 4.69) is 27.7 Å². The van der Waals surface area contributed by atoms with E-state index in [9.17, 15) is 0 Å². The van der Waals surface area contributed by atoms with Gasteiger partial charge in [0.1, 0.15) is 0 Å². The van der Waals surface area contributed by atoms with Crippen LogP contribution in [0.3, 0.4) is 0 Å². The summed E-state index contributed by atoms with van der Waals surface area (Å²) in [6.45, 7) is 9.10. The maximum absolute atomic E-state index is 6.51. The molecule has 0 aromatic carbocycles. The first kappa shape index (κ1) is 30.0. The minimum absolute atomic E-state index is 0.00124. The standard InChI is InChI=1S/C29H61N/c1-5-7-9-11-13-14-15-16-17-18-19-21-23-25-27-28(29(3,4)30)26-24-22-20-12-10-8-6-2/h28H,5-27,30H2,1-4H3. The van der Waals surface area contributed by atoms with Gasteiger partial charge in [0.05, 0.1) is 0 Å². The molecule has 0 radical (unpaired) electrons. The van der Waals surface area contributed by atoms with Gasteiger partial charge in [0.2, 0.25) is 0 Å². The van der Waals surface area contributed by atoms with Crippen LogP contribution in [0.5, 0.6) is 0 Å². The Morgan fingerprint density at radius 2 is 0.667 bits per heavy atom. The van der Waals surface area contributed by atoms with Crippen LogP contribution in [0.15, 0.2) is 0 Å². The lowest BCUT2D eigenvalue weighted by atomic mass is 9.80. The molecular weight excluding hydrogens is 362 g/mol. The predicted molar refractivity (Wildman–Crippen MR) is 139 cm³/mol. The first-order valence-electron chi connectivity index (χ1n) is 14.3. The van der Waals surface area contributed by atoms with E-state index in [1.165, 1.54) is 148 Å². The van der Waals surface area contributed by atoms with Crippen LogP contribution in [0, 0.1) is 5.92 Å². The summed E-state index contributed by atoms with van der Waals surface area (Å²) in [7, 11) is 0. The molecule has 1 heteroatoms. The summed E-state index contributed by atoms with van der Waals surface area (Å²) in [5.74, 6) is 0.713. The number of hydrogen-bond acceptors (Lipinski definition) is 1. The second-order valence-electron chi connectivity index (χ2n) is 10.8. The van der Waals surface area contributed by atoms with Gasteiger partial charge in [-0.05, 0) is 32.6 Å². The molecule has 1 unspecified atom stereocenters. The zero-order valence-electron chi connectivity index (χ0n) is 21.9. The SMILES string of the molecule is CCCCCCCCCCCCCCCCC(CCCCCCCCC)C(C)(C)N. The Bertz CT molecular complexity index is 317. The summed E-state index contributed by atoms with van der Waals surface area (Å²) in [5.41, 5.74) is 6.51. The minimum atomic E-state index is -0.00124. The van der Waals surface area contributed by atoms with Gasteiger partial charge in [0.25, 0.3) is 0 Å². The van der Waals surface area contributed by atoms with Gasteiger partial charge in [-0.25, -0.2) is 0 Å². The smallest absolute Gasteiger partial charge is 0.0125 e. The van der Waals surface area contributed by atoms with E-state index in [4.69, 9.17) is 5.73 Å². The van der Waals surface area contributed by atoms with Crippen molar-refractivity contribution in [1.29, 1.82) is 0 Å². The van der Waals surface area contributed by atoms with Gasteiger partial charge in [-0.3, -0.25) is 0 Å². The highest BCUT2D eigenvalue weighted by molar-refractivity contribution is 4.82. The molecule has 0 aliphatic carbocycles. The van der Waals surface area contributed by atoms with Crippen molar-refractivity contribution < 1.29 is 0 Å². The zero-order valence-corrected chi connectivity index (χ0v) is 21.9. The molecule has 0 rings (SSSR count). The quantitative estimate of drug-likeness (QED) is 0.153. The molecule has 2 N–H and O–H groups in total. The van der Waals surface area contributed by atoms with Crippen LogP contribution in [-0.4, -0.2) is 5.54 Å². The van der Waals surface area contributed by atoms with Crippen molar-refractivity contribution >= 4 is 0 Å². The molecule has 1 atom stereocenters. The molecule has 0 saturated carbocycles. The maximum Gasteiger partial charge on any atom is 0.0125 e. The van der Waals surface area contributed by atoms with Gasteiger partial charge in [-0.1, -0.05) is 149 Å². The Kier molecular flexibility index (Phi) is 22.1. The van der Waals surface area contributed by atoms with Crippen molar-refractivity contribution in [1.82, 2.24) is 0 Å². The van der Waals surface area contributed by atoms with Gasteiger partial charge in [0.15, 0.2) is 0 Å². The Hall–Kier alpha value is -0.0400. The fraction of sp³-hybridized carbons (Fsp3) is 1.00. The summed E-state index contributed by atoms with van der Waals surface area (Å²) in [5, 5.41) is 0. The summed E-state index contributed by atoms with van der Waals surface area (Å²) in [6.07, 6.45) is 32.8. The molecule has 0 aromatic rings. The number of unbranched alkanes of at least 4 members (excludes halogenated alkanes) is 19. The van der Waals surface area contributed by atoms with Crippen molar-refractivity contribution in [3.8, 4) is 0 Å². The van der Waals surface area contributed by atoms with Crippen molar-refractivity contribution in [2.24, 2.45) is 11.7 Å². The molecule has 0 bridgehead atoms. The van der Waals surface area contributed by atoms with Gasteiger partial charge in [-0.2, -0.15) is 0 Å². The highest BCUT2D eigenvalue weighted by atomic mass is 14.7. The third-order valence-corrected chi connectivity index (χ3v) is 7.11. The predicted octanol–water partition coefficient (Wildman–Crippen LogP) is 10.4. The first-order valence-corrected chi connectivity index (χ1v) is 14.3. The summed E-state index contributed by atoms with van der Waals surface area (Å²) in [4.78, 5) is 0. The number of hydrogen-bond donors (Lipinski definition) is 1. The Morgan fingerprint density at radius 1 is 0.433 bits per heavy atom. The second kappa shape index (κ2) is 22.2. The zero-order chi connectivity index (χ0) is 22.3. The highest BCUT2D eigenvalue weighted by Gasteiger charge is 2.23. The van der Waals surface area contributed by atoms with E-state index in [0.29, 0.717) is 5.92 Å². The molecule has 0 aliphatic heterocycles. The second-order valence-corrected chi connectivity index (χ2v) is 10.8. The lowest BCUT2D eigenvalue weighted by Crippen LogP contribution is -2.40. The fourth-order valence-electron chi connectivity index (χ4n) is 4.82. The Morgan fingerprint density at radius 3 is 0.900 bits per heavy atom. The first-order chi connectivity index (χ1) is 14.5. The van der Waals surface area contributed by atoms with E-state index in [-0.39, 0.29) is 5.54 Å². The van der Waals surface area contributed by atoms with Gasteiger partial charge in [0, 0.05) is 5.54 Å². The fourth-order valence-corrected chi connectivity index (χ4v) is 4.82. The molecule has 0 heterocycles. The molecule has 1 nitrogen and oxygen atoms in total. The van der Waals surface area contributed by atoms with Crippen molar-refractivity contribution in [3.63, 3.8) is 0 Å². The Balaban J connectivity index is 3.53. The molecule has 0 aromatic heterocycles. The molecular formula is C29H61N. The van der Waals surface area contributed by atoms with Crippen molar-refractivity contribution in [2.75, 3.05) is 0 Å². The van der Waals surface area contributed by atoms with Crippen LogP contribution in [-0.2, 0) is 0 Å². The van der Waals surface area contributed by atoms with E-state index < -0.39 is 0 Å². The van der Waals surface area contributed by atoms with E-state index in [1.54, 1.807) is 0 Å². The molecule has 30 heavy (non-hydrogen) atoms. The monoisotopic (exact) mass is 423 g/mol. The Labute approximate surface area is 192 Å². The largest absolute Gasteiger partial charge is 0.325 e. The topological polar surface area (TPSA) is 26.0 Å². The average molecular weight is 424 g/mol. The van der Waals surface area contributed by atoms with E-state index >= 15 is 0 Å².